The highest BCUT2D eigenvalue weighted by atomic mass is 79.9. The Balaban J connectivity index is 1.86. The molecule has 6 heteroatoms. The topological polar surface area (TPSA) is 58.6 Å². The van der Waals surface area contributed by atoms with Crippen molar-refractivity contribution in [3.63, 3.8) is 0 Å². The van der Waals surface area contributed by atoms with Gasteiger partial charge in [0.2, 0.25) is 0 Å². The average molecular weight is 401 g/mol. The summed E-state index contributed by atoms with van der Waals surface area (Å²) in [5.41, 5.74) is 1.55. The van der Waals surface area contributed by atoms with Crippen LogP contribution in [0.2, 0.25) is 0 Å². The Morgan fingerprint density at radius 2 is 1.84 bits per heavy atom. The fourth-order valence-corrected chi connectivity index (χ4v) is 2.96. The molecule has 0 aromatic heterocycles. The Morgan fingerprint density at radius 1 is 1.12 bits per heavy atom. The van der Waals surface area contributed by atoms with Gasteiger partial charge < -0.3 is 10.1 Å². The van der Waals surface area contributed by atoms with E-state index in [1.54, 1.807) is 30.3 Å². The predicted molar refractivity (Wildman–Crippen MR) is 100 cm³/mol. The number of urea groups is 1. The summed E-state index contributed by atoms with van der Waals surface area (Å²) in [4.78, 5) is 25.8. The van der Waals surface area contributed by atoms with E-state index in [0.717, 1.165) is 20.7 Å². The molecular weight excluding hydrogens is 384 g/mol. The zero-order valence-corrected chi connectivity index (χ0v) is 15.4. The van der Waals surface area contributed by atoms with Crippen LogP contribution in [0.1, 0.15) is 19.4 Å². The van der Waals surface area contributed by atoms with Gasteiger partial charge in [-0.05, 0) is 65.7 Å². The molecule has 2 aromatic rings. The van der Waals surface area contributed by atoms with Crippen LogP contribution in [0, 0.1) is 0 Å². The maximum absolute atomic E-state index is 12.6. The Kier molecular flexibility index (Phi) is 4.90. The van der Waals surface area contributed by atoms with E-state index in [0.29, 0.717) is 5.69 Å². The van der Waals surface area contributed by atoms with Gasteiger partial charge in [-0.3, -0.25) is 4.79 Å². The van der Waals surface area contributed by atoms with Gasteiger partial charge in [0.25, 0.3) is 5.91 Å². The maximum Gasteiger partial charge on any atom is 0.333 e. The lowest BCUT2D eigenvalue weighted by molar-refractivity contribution is -0.113. The van der Waals surface area contributed by atoms with Crippen LogP contribution < -0.4 is 15.0 Å². The molecule has 2 aromatic carbocycles. The van der Waals surface area contributed by atoms with E-state index in [1.807, 2.05) is 38.1 Å². The van der Waals surface area contributed by atoms with Crippen LogP contribution in [0.15, 0.2) is 58.7 Å². The van der Waals surface area contributed by atoms with Crippen molar-refractivity contribution in [3.8, 4) is 5.75 Å². The van der Waals surface area contributed by atoms with Crippen molar-refractivity contribution in [1.29, 1.82) is 0 Å². The molecule has 3 amide bonds. The molecule has 0 spiro atoms. The highest BCUT2D eigenvalue weighted by Crippen LogP contribution is 2.28. The number of benzene rings is 2. The second-order valence-electron chi connectivity index (χ2n) is 5.82. The molecule has 128 valence electrons. The molecule has 0 saturated carbocycles. The molecule has 0 unspecified atom stereocenters. The first-order valence-corrected chi connectivity index (χ1v) is 8.63. The molecule has 1 saturated heterocycles. The third-order valence-electron chi connectivity index (χ3n) is 3.52. The van der Waals surface area contributed by atoms with Gasteiger partial charge in [0.05, 0.1) is 16.3 Å². The first kappa shape index (κ1) is 17.2. The van der Waals surface area contributed by atoms with Crippen molar-refractivity contribution in [2.45, 2.75) is 20.0 Å². The highest BCUT2D eigenvalue weighted by Gasteiger charge is 2.34. The van der Waals surface area contributed by atoms with Crippen LogP contribution in [-0.4, -0.2) is 18.0 Å². The fraction of sp³-hybridized carbons (Fsp3) is 0.158. The van der Waals surface area contributed by atoms with Crippen molar-refractivity contribution >= 4 is 39.6 Å². The van der Waals surface area contributed by atoms with Gasteiger partial charge in [0, 0.05) is 0 Å². The molecule has 0 atom stereocenters. The van der Waals surface area contributed by atoms with E-state index in [9.17, 15) is 9.59 Å². The minimum atomic E-state index is -0.457. The molecule has 1 fully saturated rings. The molecule has 3 rings (SSSR count). The van der Waals surface area contributed by atoms with Gasteiger partial charge >= 0.3 is 6.03 Å². The number of para-hydroxylation sites is 1. The number of rotatable bonds is 4. The Labute approximate surface area is 154 Å². The zero-order valence-electron chi connectivity index (χ0n) is 13.8. The van der Waals surface area contributed by atoms with Crippen LogP contribution in [0.5, 0.6) is 5.75 Å². The molecule has 1 aliphatic heterocycles. The number of halogens is 1. The van der Waals surface area contributed by atoms with Crippen molar-refractivity contribution in [3.05, 3.63) is 64.3 Å². The van der Waals surface area contributed by atoms with Gasteiger partial charge in [-0.1, -0.05) is 24.3 Å². The quantitative estimate of drug-likeness (QED) is 0.613. The third kappa shape index (κ3) is 3.74. The van der Waals surface area contributed by atoms with Crippen LogP contribution in [0.25, 0.3) is 6.08 Å². The number of nitrogens with one attached hydrogen (secondary N) is 1. The number of ether oxygens (including phenoxy) is 1. The molecule has 1 N–H and O–H groups in total. The smallest absolute Gasteiger partial charge is 0.333 e. The predicted octanol–water partition coefficient (Wildman–Crippen LogP) is 4.33. The van der Waals surface area contributed by atoms with E-state index in [2.05, 4.69) is 21.2 Å². The lowest BCUT2D eigenvalue weighted by Crippen LogP contribution is -2.30. The molecule has 5 nitrogen and oxygen atoms in total. The number of carbonyl (C=O) groups excluding carboxylic acids is 2. The summed E-state index contributed by atoms with van der Waals surface area (Å²) in [5.74, 6) is 0.347. The zero-order chi connectivity index (χ0) is 18.0. The molecule has 1 aliphatic rings. The Bertz CT molecular complexity index is 847. The van der Waals surface area contributed by atoms with E-state index in [4.69, 9.17) is 4.74 Å². The molecular formula is C19H17BrN2O3. The molecule has 0 bridgehead atoms. The number of amides is 3. The minimum Gasteiger partial charge on any atom is -0.490 e. The van der Waals surface area contributed by atoms with Crippen molar-refractivity contribution in [2.24, 2.45) is 0 Å². The van der Waals surface area contributed by atoms with Crippen LogP contribution >= 0.6 is 15.9 Å². The number of hydrogen-bond donors (Lipinski definition) is 1. The lowest BCUT2D eigenvalue weighted by Gasteiger charge is -2.12. The number of hydrogen-bond acceptors (Lipinski definition) is 3. The van der Waals surface area contributed by atoms with Gasteiger partial charge in [0.1, 0.15) is 11.4 Å². The SMILES string of the molecule is CC(C)Oc1ccc(/C=C2\NC(=O)N(c3ccccc3)C2=O)cc1Br. The number of nitrogens with zero attached hydrogens (tertiary/aromatic N) is 1. The number of imide groups is 1. The number of carbonyl (C=O) groups is 2. The fourth-order valence-electron chi connectivity index (χ4n) is 2.47. The highest BCUT2D eigenvalue weighted by molar-refractivity contribution is 9.10. The van der Waals surface area contributed by atoms with Crippen LogP contribution in [0.3, 0.4) is 0 Å². The van der Waals surface area contributed by atoms with Crippen molar-refractivity contribution < 1.29 is 14.3 Å². The first-order valence-electron chi connectivity index (χ1n) is 7.84. The van der Waals surface area contributed by atoms with Crippen molar-refractivity contribution in [2.75, 3.05) is 4.90 Å². The summed E-state index contributed by atoms with van der Waals surface area (Å²) >= 11 is 3.46. The third-order valence-corrected chi connectivity index (χ3v) is 4.14. The molecule has 0 radical (unpaired) electrons. The number of anilines is 1. The molecule has 1 heterocycles. The van der Waals surface area contributed by atoms with Gasteiger partial charge in [-0.25, -0.2) is 9.69 Å². The van der Waals surface area contributed by atoms with E-state index in [-0.39, 0.29) is 17.7 Å². The lowest BCUT2D eigenvalue weighted by atomic mass is 10.2. The minimum absolute atomic E-state index is 0.0654. The van der Waals surface area contributed by atoms with Crippen LogP contribution in [-0.2, 0) is 4.79 Å². The summed E-state index contributed by atoms with van der Waals surface area (Å²) in [6.45, 7) is 3.90. The maximum atomic E-state index is 12.6. The summed E-state index contributed by atoms with van der Waals surface area (Å²) in [6.07, 6.45) is 1.71. The van der Waals surface area contributed by atoms with Gasteiger partial charge in [-0.15, -0.1) is 0 Å². The second-order valence-corrected chi connectivity index (χ2v) is 6.68. The summed E-state index contributed by atoms with van der Waals surface area (Å²) in [7, 11) is 0. The van der Waals surface area contributed by atoms with E-state index in [1.165, 1.54) is 0 Å². The molecule has 25 heavy (non-hydrogen) atoms. The summed E-state index contributed by atoms with van der Waals surface area (Å²) in [5, 5.41) is 2.62. The van der Waals surface area contributed by atoms with Gasteiger partial charge in [0.15, 0.2) is 0 Å². The first-order chi connectivity index (χ1) is 12.0. The summed E-state index contributed by atoms with van der Waals surface area (Å²) in [6, 6.07) is 13.9. The largest absolute Gasteiger partial charge is 0.490 e. The standard InChI is InChI=1S/C19H17BrN2O3/c1-12(2)25-17-9-8-13(10-15(17)20)11-16-18(23)22(19(24)21-16)14-6-4-3-5-7-14/h3-12H,1-2H3,(H,21,24)/b16-11-. The monoisotopic (exact) mass is 400 g/mol. The Hall–Kier alpha value is -2.60. The van der Waals surface area contributed by atoms with E-state index >= 15 is 0 Å². The Morgan fingerprint density at radius 3 is 2.48 bits per heavy atom. The molecule has 0 aliphatic carbocycles. The normalized spacial score (nSPS) is 15.8. The van der Waals surface area contributed by atoms with Crippen LogP contribution in [0.4, 0.5) is 10.5 Å². The van der Waals surface area contributed by atoms with E-state index < -0.39 is 6.03 Å². The van der Waals surface area contributed by atoms with Crippen molar-refractivity contribution in [1.82, 2.24) is 5.32 Å². The average Bonchev–Trinajstić information content (AvgIpc) is 2.84. The van der Waals surface area contributed by atoms with Gasteiger partial charge in [-0.2, -0.15) is 0 Å². The summed E-state index contributed by atoms with van der Waals surface area (Å²) < 4.78 is 6.46. The second kappa shape index (κ2) is 7.11.